The van der Waals surface area contributed by atoms with Gasteiger partial charge >= 0.3 is 6.18 Å². The van der Waals surface area contributed by atoms with Crippen LogP contribution in [0.5, 0.6) is 0 Å². The van der Waals surface area contributed by atoms with E-state index in [0.29, 0.717) is 5.92 Å². The molecule has 3 rings (SSSR count). The average molecular weight is 414 g/mol. The molecule has 0 radical (unpaired) electrons. The van der Waals surface area contributed by atoms with Crippen LogP contribution in [0.2, 0.25) is 5.02 Å². The smallest absolute Gasteiger partial charge is 0.349 e. The lowest BCUT2D eigenvalue weighted by atomic mass is 9.86. The van der Waals surface area contributed by atoms with E-state index >= 15 is 0 Å². The van der Waals surface area contributed by atoms with Crippen LogP contribution in [0.3, 0.4) is 0 Å². The molecule has 1 saturated carbocycles. The minimum Gasteiger partial charge on any atom is -0.349 e. The van der Waals surface area contributed by atoms with Crippen molar-refractivity contribution in [3.63, 3.8) is 0 Å². The highest BCUT2D eigenvalue weighted by molar-refractivity contribution is 6.33. The maximum atomic E-state index is 12.9. The second-order valence-electron chi connectivity index (χ2n) is 7.48. The maximum Gasteiger partial charge on any atom is 0.416 e. The molecule has 8 heteroatoms. The van der Waals surface area contributed by atoms with Gasteiger partial charge in [0.2, 0.25) is 0 Å². The molecule has 0 spiro atoms. The number of nitrogens with zero attached hydrogens (tertiary/aromatic N) is 2. The standard InChI is InChI=1S/C20H23ClF3N3O/c1-12-10-25-27(13(12)2)11-14-3-6-16(7-4-14)26-19(28)17-9-15(20(22,23)24)5-8-18(17)21/h5,8-10,14,16H,3-4,6-7,11H2,1-2H3,(H,26,28). The average Bonchev–Trinajstić information content (AvgIpc) is 2.94. The molecular weight excluding hydrogens is 391 g/mol. The van der Waals surface area contributed by atoms with E-state index in [0.717, 1.165) is 56.1 Å². The van der Waals surface area contributed by atoms with Crippen molar-refractivity contribution in [3.05, 3.63) is 51.8 Å². The van der Waals surface area contributed by atoms with E-state index in [2.05, 4.69) is 10.4 Å². The van der Waals surface area contributed by atoms with Gasteiger partial charge in [-0.2, -0.15) is 18.3 Å². The Kier molecular flexibility index (Phi) is 6.03. The molecule has 0 unspecified atom stereocenters. The first kappa shape index (κ1) is 20.7. The van der Waals surface area contributed by atoms with Gasteiger partial charge in [-0.1, -0.05) is 11.6 Å². The summed E-state index contributed by atoms with van der Waals surface area (Å²) in [4.78, 5) is 12.5. The van der Waals surface area contributed by atoms with Crippen LogP contribution in [-0.2, 0) is 12.7 Å². The van der Waals surface area contributed by atoms with Crippen LogP contribution < -0.4 is 5.32 Å². The number of benzene rings is 1. The molecule has 2 aromatic rings. The lowest BCUT2D eigenvalue weighted by Crippen LogP contribution is -2.38. The lowest BCUT2D eigenvalue weighted by molar-refractivity contribution is -0.137. The van der Waals surface area contributed by atoms with Crippen LogP contribution in [0, 0.1) is 19.8 Å². The summed E-state index contributed by atoms with van der Waals surface area (Å²) in [6, 6.07) is 2.75. The highest BCUT2D eigenvalue weighted by atomic mass is 35.5. The first-order chi connectivity index (χ1) is 13.1. The molecule has 0 aliphatic heterocycles. The van der Waals surface area contributed by atoms with E-state index in [1.165, 1.54) is 5.56 Å². The molecule has 1 aliphatic rings. The minimum atomic E-state index is -4.51. The summed E-state index contributed by atoms with van der Waals surface area (Å²) in [5.74, 6) is -0.0820. The van der Waals surface area contributed by atoms with Crippen molar-refractivity contribution in [2.75, 3.05) is 0 Å². The van der Waals surface area contributed by atoms with Gasteiger partial charge in [0.15, 0.2) is 0 Å². The number of aromatic nitrogens is 2. The van der Waals surface area contributed by atoms with E-state index < -0.39 is 17.6 Å². The van der Waals surface area contributed by atoms with Gasteiger partial charge < -0.3 is 5.32 Å². The summed E-state index contributed by atoms with van der Waals surface area (Å²) >= 11 is 5.95. The molecule has 1 aliphatic carbocycles. The fourth-order valence-electron chi connectivity index (χ4n) is 3.60. The van der Waals surface area contributed by atoms with Crippen LogP contribution in [0.1, 0.15) is 52.9 Å². The van der Waals surface area contributed by atoms with E-state index in [-0.39, 0.29) is 16.6 Å². The third-order valence-electron chi connectivity index (χ3n) is 5.50. The van der Waals surface area contributed by atoms with Gasteiger partial charge in [-0.15, -0.1) is 0 Å². The number of carbonyl (C=O) groups is 1. The summed E-state index contributed by atoms with van der Waals surface area (Å²) in [6.45, 7) is 4.93. The van der Waals surface area contributed by atoms with Crippen LogP contribution in [0.15, 0.2) is 24.4 Å². The molecule has 1 amide bonds. The Morgan fingerprint density at radius 1 is 1.25 bits per heavy atom. The minimum absolute atomic E-state index is 0.0173. The van der Waals surface area contributed by atoms with Gasteiger partial charge in [0.1, 0.15) is 0 Å². The highest BCUT2D eigenvalue weighted by Gasteiger charge is 2.32. The fraction of sp³-hybridized carbons (Fsp3) is 0.500. The number of rotatable bonds is 4. The van der Waals surface area contributed by atoms with Crippen molar-refractivity contribution in [2.24, 2.45) is 5.92 Å². The number of halogens is 4. The fourth-order valence-corrected chi connectivity index (χ4v) is 3.80. The number of alkyl halides is 3. The molecule has 0 saturated heterocycles. The zero-order valence-electron chi connectivity index (χ0n) is 15.8. The summed E-state index contributed by atoms with van der Waals surface area (Å²) < 4.78 is 40.7. The number of nitrogens with one attached hydrogen (secondary N) is 1. The van der Waals surface area contributed by atoms with Crippen molar-refractivity contribution >= 4 is 17.5 Å². The van der Waals surface area contributed by atoms with Crippen molar-refractivity contribution in [2.45, 2.75) is 58.3 Å². The molecule has 1 aromatic heterocycles. The maximum absolute atomic E-state index is 12.9. The first-order valence-corrected chi connectivity index (χ1v) is 9.69. The molecule has 152 valence electrons. The monoisotopic (exact) mass is 413 g/mol. The predicted octanol–water partition coefficient (Wildman–Crippen LogP) is 5.16. The van der Waals surface area contributed by atoms with E-state index in [1.807, 2.05) is 24.7 Å². The highest BCUT2D eigenvalue weighted by Crippen LogP contribution is 2.32. The zero-order valence-corrected chi connectivity index (χ0v) is 16.6. The van der Waals surface area contributed by atoms with Crippen LogP contribution in [-0.4, -0.2) is 21.7 Å². The molecular formula is C20H23ClF3N3O. The van der Waals surface area contributed by atoms with Crippen LogP contribution in [0.25, 0.3) is 0 Å². The third-order valence-corrected chi connectivity index (χ3v) is 5.83. The van der Waals surface area contributed by atoms with Crippen molar-refractivity contribution in [1.29, 1.82) is 0 Å². The molecule has 28 heavy (non-hydrogen) atoms. The number of hydrogen-bond donors (Lipinski definition) is 1. The Morgan fingerprint density at radius 3 is 2.50 bits per heavy atom. The zero-order chi connectivity index (χ0) is 20.5. The number of aryl methyl sites for hydroxylation is 1. The summed E-state index contributed by atoms with van der Waals surface area (Å²) in [5, 5.41) is 7.25. The summed E-state index contributed by atoms with van der Waals surface area (Å²) in [5.41, 5.74) is 1.31. The van der Waals surface area contributed by atoms with Crippen LogP contribution >= 0.6 is 11.6 Å². The second-order valence-corrected chi connectivity index (χ2v) is 7.89. The summed E-state index contributed by atoms with van der Waals surface area (Å²) in [6.07, 6.45) is 0.776. The van der Waals surface area contributed by atoms with Gasteiger partial charge in [-0.3, -0.25) is 9.48 Å². The van der Waals surface area contributed by atoms with Crippen molar-refractivity contribution < 1.29 is 18.0 Å². The molecule has 1 fully saturated rings. The Morgan fingerprint density at radius 2 is 1.93 bits per heavy atom. The normalized spacial score (nSPS) is 20.2. The predicted molar refractivity (Wildman–Crippen MR) is 101 cm³/mol. The number of carbonyl (C=O) groups excluding carboxylic acids is 1. The Hall–Kier alpha value is -2.02. The molecule has 0 bridgehead atoms. The van der Waals surface area contributed by atoms with Crippen molar-refractivity contribution in [3.8, 4) is 0 Å². The summed E-state index contributed by atoms with van der Waals surface area (Å²) in [7, 11) is 0. The van der Waals surface area contributed by atoms with E-state index in [1.54, 1.807) is 0 Å². The SMILES string of the molecule is Cc1cnn(CC2CCC(NC(=O)c3cc(C(F)(F)F)ccc3Cl)CC2)c1C. The molecule has 1 N–H and O–H groups in total. The molecule has 0 atom stereocenters. The van der Waals surface area contributed by atoms with Gasteiger partial charge in [-0.25, -0.2) is 0 Å². The number of hydrogen-bond acceptors (Lipinski definition) is 2. The second kappa shape index (κ2) is 8.15. The Bertz CT molecular complexity index is 855. The molecule has 1 aromatic carbocycles. The van der Waals surface area contributed by atoms with Gasteiger partial charge in [0, 0.05) is 18.3 Å². The van der Waals surface area contributed by atoms with Crippen molar-refractivity contribution in [1.82, 2.24) is 15.1 Å². The first-order valence-electron chi connectivity index (χ1n) is 9.31. The Labute approximate surface area is 167 Å². The molecule has 4 nitrogen and oxygen atoms in total. The van der Waals surface area contributed by atoms with Gasteiger partial charge in [-0.05, 0) is 69.2 Å². The number of amides is 1. The third kappa shape index (κ3) is 4.69. The lowest BCUT2D eigenvalue weighted by Gasteiger charge is -2.29. The Balaban J connectivity index is 1.57. The quantitative estimate of drug-likeness (QED) is 0.752. The van der Waals surface area contributed by atoms with Gasteiger partial charge in [0.05, 0.1) is 22.3 Å². The largest absolute Gasteiger partial charge is 0.416 e. The van der Waals surface area contributed by atoms with Crippen LogP contribution in [0.4, 0.5) is 13.2 Å². The topological polar surface area (TPSA) is 46.9 Å². The van der Waals surface area contributed by atoms with Gasteiger partial charge in [0.25, 0.3) is 5.91 Å². The van der Waals surface area contributed by atoms with E-state index in [9.17, 15) is 18.0 Å². The molecule has 1 heterocycles. The van der Waals surface area contributed by atoms with E-state index in [4.69, 9.17) is 11.6 Å².